The van der Waals surface area contributed by atoms with Gasteiger partial charge in [0.25, 0.3) is 0 Å². The summed E-state index contributed by atoms with van der Waals surface area (Å²) in [6, 6.07) is 0. The molecule has 2 aliphatic heterocycles. The first-order chi connectivity index (χ1) is 10.9. The van der Waals surface area contributed by atoms with Crippen molar-refractivity contribution in [3.05, 3.63) is 17.6 Å². The van der Waals surface area contributed by atoms with Gasteiger partial charge in [-0.05, 0) is 27.2 Å². The van der Waals surface area contributed by atoms with E-state index in [0.29, 0.717) is 13.1 Å². The summed E-state index contributed by atoms with van der Waals surface area (Å²) in [7, 11) is 0. The topological polar surface area (TPSA) is 67.8 Å². The van der Waals surface area contributed by atoms with Crippen molar-refractivity contribution in [2.75, 3.05) is 37.7 Å². The molecule has 0 radical (unpaired) electrons. The van der Waals surface area contributed by atoms with Crippen molar-refractivity contribution in [1.82, 2.24) is 14.9 Å². The largest absolute Gasteiger partial charge is 0.444 e. The maximum Gasteiger partial charge on any atom is 0.410 e. The summed E-state index contributed by atoms with van der Waals surface area (Å²) in [5, 5.41) is 0. The highest BCUT2D eigenvalue weighted by Gasteiger charge is 2.29. The van der Waals surface area contributed by atoms with E-state index in [-0.39, 0.29) is 6.09 Å². The molecule has 0 saturated carbocycles. The zero-order chi connectivity index (χ0) is 16.4. The van der Waals surface area contributed by atoms with E-state index in [1.807, 2.05) is 20.8 Å². The van der Waals surface area contributed by atoms with Gasteiger partial charge in [0.15, 0.2) is 0 Å². The van der Waals surface area contributed by atoms with Crippen LogP contribution in [-0.2, 0) is 22.4 Å². The van der Waals surface area contributed by atoms with Crippen molar-refractivity contribution in [3.63, 3.8) is 0 Å². The number of anilines is 1. The number of amides is 1. The van der Waals surface area contributed by atoms with Crippen molar-refractivity contribution in [2.45, 2.75) is 39.3 Å². The fraction of sp³-hybridized carbons (Fsp3) is 0.688. The van der Waals surface area contributed by atoms with Crippen LogP contribution in [0.4, 0.5) is 10.6 Å². The lowest BCUT2D eigenvalue weighted by molar-refractivity contribution is 0.0220. The first-order valence-electron chi connectivity index (χ1n) is 8.07. The summed E-state index contributed by atoms with van der Waals surface area (Å²) in [4.78, 5) is 25.1. The minimum Gasteiger partial charge on any atom is -0.444 e. The van der Waals surface area contributed by atoms with E-state index in [4.69, 9.17) is 9.47 Å². The quantitative estimate of drug-likeness (QED) is 0.783. The predicted molar refractivity (Wildman–Crippen MR) is 85.4 cm³/mol. The van der Waals surface area contributed by atoms with Crippen LogP contribution in [0.1, 0.15) is 32.0 Å². The van der Waals surface area contributed by atoms with Crippen LogP contribution in [0, 0.1) is 0 Å². The first-order valence-corrected chi connectivity index (χ1v) is 8.07. The Morgan fingerprint density at radius 2 is 1.96 bits per heavy atom. The van der Waals surface area contributed by atoms with Gasteiger partial charge in [-0.3, -0.25) is 0 Å². The number of aromatic nitrogens is 2. The van der Waals surface area contributed by atoms with E-state index < -0.39 is 5.60 Å². The van der Waals surface area contributed by atoms with Gasteiger partial charge < -0.3 is 19.3 Å². The lowest BCUT2D eigenvalue weighted by Crippen LogP contribution is -2.42. The SMILES string of the molecule is CC(C)(C)OC(=O)N1CCc2c(ncnc2N2CCOCC2)C1. The van der Waals surface area contributed by atoms with Gasteiger partial charge in [0.1, 0.15) is 17.7 Å². The van der Waals surface area contributed by atoms with Crippen molar-refractivity contribution >= 4 is 11.9 Å². The van der Waals surface area contributed by atoms with E-state index >= 15 is 0 Å². The molecule has 7 nitrogen and oxygen atoms in total. The van der Waals surface area contributed by atoms with Crippen LogP contribution in [0.15, 0.2) is 6.33 Å². The Morgan fingerprint density at radius 3 is 2.65 bits per heavy atom. The highest BCUT2D eigenvalue weighted by Crippen LogP contribution is 2.26. The van der Waals surface area contributed by atoms with Crippen molar-refractivity contribution in [1.29, 1.82) is 0 Å². The van der Waals surface area contributed by atoms with Gasteiger partial charge in [0.2, 0.25) is 0 Å². The number of carbonyl (C=O) groups is 1. The Hall–Kier alpha value is -1.89. The highest BCUT2D eigenvalue weighted by molar-refractivity contribution is 5.69. The van der Waals surface area contributed by atoms with Crippen LogP contribution in [0.5, 0.6) is 0 Å². The average molecular weight is 320 g/mol. The van der Waals surface area contributed by atoms with Crippen LogP contribution in [0.2, 0.25) is 0 Å². The third-order valence-corrected chi connectivity index (χ3v) is 3.95. The Labute approximate surface area is 136 Å². The molecule has 1 fully saturated rings. The van der Waals surface area contributed by atoms with E-state index in [9.17, 15) is 4.79 Å². The molecule has 23 heavy (non-hydrogen) atoms. The maximum atomic E-state index is 12.2. The fourth-order valence-corrected chi connectivity index (χ4v) is 2.87. The third kappa shape index (κ3) is 3.72. The molecule has 0 bridgehead atoms. The number of nitrogens with zero attached hydrogens (tertiary/aromatic N) is 4. The zero-order valence-electron chi connectivity index (χ0n) is 14.0. The van der Waals surface area contributed by atoms with E-state index in [0.717, 1.165) is 49.8 Å². The third-order valence-electron chi connectivity index (χ3n) is 3.95. The number of rotatable bonds is 1. The molecule has 126 valence electrons. The molecule has 1 saturated heterocycles. The second kappa shape index (κ2) is 6.31. The number of carbonyl (C=O) groups excluding carboxylic acids is 1. The molecule has 1 aromatic rings. The van der Waals surface area contributed by atoms with Crippen molar-refractivity contribution in [2.24, 2.45) is 0 Å². The molecular formula is C16H24N4O3. The molecule has 1 amide bonds. The second-order valence-corrected chi connectivity index (χ2v) is 6.87. The van der Waals surface area contributed by atoms with Gasteiger partial charge in [-0.1, -0.05) is 0 Å². The van der Waals surface area contributed by atoms with E-state index in [2.05, 4.69) is 14.9 Å². The fourth-order valence-electron chi connectivity index (χ4n) is 2.87. The van der Waals surface area contributed by atoms with Crippen LogP contribution in [0.25, 0.3) is 0 Å². The number of fused-ring (bicyclic) bond motifs is 1. The van der Waals surface area contributed by atoms with Gasteiger partial charge in [-0.25, -0.2) is 14.8 Å². The smallest absolute Gasteiger partial charge is 0.410 e. The highest BCUT2D eigenvalue weighted by atomic mass is 16.6. The number of hydrogen-bond donors (Lipinski definition) is 0. The minimum atomic E-state index is -0.484. The molecule has 0 aromatic carbocycles. The summed E-state index contributed by atoms with van der Waals surface area (Å²) < 4.78 is 10.9. The van der Waals surface area contributed by atoms with Gasteiger partial charge in [-0.15, -0.1) is 0 Å². The van der Waals surface area contributed by atoms with Crippen LogP contribution < -0.4 is 4.90 Å². The lowest BCUT2D eigenvalue weighted by atomic mass is 10.1. The summed E-state index contributed by atoms with van der Waals surface area (Å²) in [5.41, 5.74) is 1.58. The maximum absolute atomic E-state index is 12.2. The molecular weight excluding hydrogens is 296 g/mol. The van der Waals surface area contributed by atoms with Crippen LogP contribution in [0.3, 0.4) is 0 Å². The van der Waals surface area contributed by atoms with Gasteiger partial charge in [-0.2, -0.15) is 0 Å². The standard InChI is InChI=1S/C16H24N4O3/c1-16(2,3)23-15(21)20-5-4-12-13(10-20)17-11-18-14(12)19-6-8-22-9-7-19/h11H,4-10H2,1-3H3. The van der Waals surface area contributed by atoms with Gasteiger partial charge >= 0.3 is 6.09 Å². The summed E-state index contributed by atoms with van der Waals surface area (Å²) in [6.45, 7) is 9.88. The molecule has 2 aliphatic rings. The zero-order valence-corrected chi connectivity index (χ0v) is 14.0. The molecule has 0 unspecified atom stereocenters. The Bertz CT molecular complexity index is 579. The van der Waals surface area contributed by atoms with Crippen LogP contribution in [-0.4, -0.2) is 59.4 Å². The molecule has 0 spiro atoms. The summed E-state index contributed by atoms with van der Waals surface area (Å²) in [6.07, 6.45) is 2.05. The van der Waals surface area contributed by atoms with Crippen molar-refractivity contribution in [3.8, 4) is 0 Å². The first kappa shape index (κ1) is 16.0. The Morgan fingerprint density at radius 1 is 1.22 bits per heavy atom. The number of ether oxygens (including phenoxy) is 2. The van der Waals surface area contributed by atoms with Crippen molar-refractivity contribution < 1.29 is 14.3 Å². The summed E-state index contributed by atoms with van der Waals surface area (Å²) in [5.74, 6) is 0.988. The number of hydrogen-bond acceptors (Lipinski definition) is 6. The van der Waals surface area contributed by atoms with Crippen LogP contribution >= 0.6 is 0 Å². The van der Waals surface area contributed by atoms with E-state index in [1.165, 1.54) is 0 Å². The molecule has 1 aromatic heterocycles. The Kier molecular flexibility index (Phi) is 4.39. The molecule has 0 atom stereocenters. The second-order valence-electron chi connectivity index (χ2n) is 6.87. The average Bonchev–Trinajstić information content (AvgIpc) is 2.53. The predicted octanol–water partition coefficient (Wildman–Crippen LogP) is 1.61. The molecule has 7 heteroatoms. The van der Waals surface area contributed by atoms with Gasteiger partial charge in [0.05, 0.1) is 25.5 Å². The summed E-state index contributed by atoms with van der Waals surface area (Å²) >= 11 is 0. The molecule has 0 aliphatic carbocycles. The monoisotopic (exact) mass is 320 g/mol. The number of morpholine rings is 1. The van der Waals surface area contributed by atoms with E-state index in [1.54, 1.807) is 11.2 Å². The Balaban J connectivity index is 1.75. The normalized spacial score (nSPS) is 18.6. The molecule has 3 heterocycles. The molecule has 0 N–H and O–H groups in total. The molecule has 3 rings (SSSR count). The minimum absolute atomic E-state index is 0.283. The van der Waals surface area contributed by atoms with Gasteiger partial charge in [0, 0.05) is 25.2 Å². The lowest BCUT2D eigenvalue weighted by Gasteiger charge is -2.34.